The zero-order valence-electron chi connectivity index (χ0n) is 32.1. The second-order valence-corrected chi connectivity index (χ2v) is 19.1. The van der Waals surface area contributed by atoms with Gasteiger partial charge in [-0.15, -0.1) is 0 Å². The number of benzene rings is 1. The van der Waals surface area contributed by atoms with Crippen molar-refractivity contribution in [1.82, 2.24) is 24.8 Å². The van der Waals surface area contributed by atoms with Gasteiger partial charge in [-0.1, -0.05) is 44.2 Å². The summed E-state index contributed by atoms with van der Waals surface area (Å²) < 4.78 is 39.5. The summed E-state index contributed by atoms with van der Waals surface area (Å²) in [5, 5.41) is 15.0. The van der Waals surface area contributed by atoms with Crippen LogP contribution in [-0.4, -0.2) is 99.8 Å². The fourth-order valence-corrected chi connectivity index (χ4v) is 9.37. The molecule has 3 N–H and O–H groups in total. The van der Waals surface area contributed by atoms with Gasteiger partial charge in [0.1, 0.15) is 23.7 Å². The van der Waals surface area contributed by atoms with Crippen molar-refractivity contribution >= 4 is 44.6 Å². The Morgan fingerprint density at radius 3 is 2.48 bits per heavy atom. The summed E-state index contributed by atoms with van der Waals surface area (Å²) in [6.07, 6.45) is 4.74. The van der Waals surface area contributed by atoms with Crippen molar-refractivity contribution in [1.29, 1.82) is 0 Å². The zero-order valence-corrected chi connectivity index (χ0v) is 32.9. The van der Waals surface area contributed by atoms with Crippen LogP contribution in [0.5, 0.6) is 11.8 Å². The van der Waals surface area contributed by atoms with Gasteiger partial charge in [0, 0.05) is 29.3 Å². The smallest absolute Gasteiger partial charge is 0.408 e. The van der Waals surface area contributed by atoms with E-state index in [1.54, 1.807) is 33.8 Å². The number of sulfonamides is 1. The molecule has 2 aliphatic heterocycles. The van der Waals surface area contributed by atoms with Gasteiger partial charge < -0.3 is 24.8 Å². The molecule has 4 aliphatic rings. The van der Waals surface area contributed by atoms with E-state index in [-0.39, 0.29) is 31.2 Å². The molecule has 1 aromatic heterocycles. The molecule has 3 heterocycles. The highest BCUT2D eigenvalue weighted by molar-refractivity contribution is 7.91. The number of pyridine rings is 1. The van der Waals surface area contributed by atoms with Crippen molar-refractivity contribution < 1.29 is 42.2 Å². The van der Waals surface area contributed by atoms with Crippen molar-refractivity contribution in [2.45, 2.75) is 121 Å². The number of fused-ring (bicyclic) bond motifs is 3. The van der Waals surface area contributed by atoms with E-state index >= 15 is 4.79 Å². The van der Waals surface area contributed by atoms with Gasteiger partial charge in [0.05, 0.1) is 18.4 Å². The predicted octanol–water partition coefficient (Wildman–Crippen LogP) is 4.62. The van der Waals surface area contributed by atoms with Gasteiger partial charge in [-0.3, -0.25) is 24.0 Å². The number of hydrogen-bond acceptors (Lipinski definition) is 9. The SMILES string of the molecule is COc1cc2ccccc2c(O[C@@H]2C[C@H]3C(=O)N[C@]4(C(=O)NS(=O)(=O)C5(C)CC5)C[C@H]4/C=C\CC[C@@H](C)C[C@@H](C)[C@H](N(C(=O)O)C(C)(C)C)C(=O)N3C2)n1. The third-order valence-electron chi connectivity index (χ3n) is 11.6. The molecule has 6 rings (SSSR count). The second-order valence-electron chi connectivity index (χ2n) is 16.9. The standard InChI is InChI=1S/C39H53N5O9S/c1-23-12-8-10-14-26-21-39(26,35(47)42-54(50,51)38(6)16-17-38)41-32(45)29-20-27(53-33-28-15-11-9-13-25(28)19-30(40-33)52-7)22-43(29)34(46)31(24(2)18-23)44(36(48)49)37(3,4)5/h9-11,13-15,19,23-24,26-27,29,31H,8,12,16-18,20-22H2,1-7H3,(H,41,45)(H,42,47)(H,48,49)/b14-10-/t23-,24-,26-,27-,29+,31+,39-/m1/s1. The summed E-state index contributed by atoms with van der Waals surface area (Å²) >= 11 is 0. The molecule has 3 fully saturated rings. The highest BCUT2D eigenvalue weighted by Crippen LogP contribution is 2.48. The molecule has 2 aromatic rings. The van der Waals surface area contributed by atoms with E-state index in [1.807, 2.05) is 43.3 Å². The minimum Gasteiger partial charge on any atom is -0.481 e. The van der Waals surface area contributed by atoms with Crippen LogP contribution < -0.4 is 19.5 Å². The normalized spacial score (nSPS) is 30.5. The van der Waals surface area contributed by atoms with E-state index in [4.69, 9.17) is 9.47 Å². The number of aromatic nitrogens is 1. The highest BCUT2D eigenvalue weighted by Gasteiger charge is 2.63. The quantitative estimate of drug-likeness (QED) is 0.336. The number of nitrogens with one attached hydrogen (secondary N) is 2. The maximum Gasteiger partial charge on any atom is 0.408 e. The molecule has 1 saturated heterocycles. The lowest BCUT2D eigenvalue weighted by atomic mass is 9.85. The zero-order chi connectivity index (χ0) is 39.4. The average molecular weight is 768 g/mol. The number of rotatable bonds is 7. The predicted molar refractivity (Wildman–Crippen MR) is 201 cm³/mol. The van der Waals surface area contributed by atoms with Crippen LogP contribution in [0.4, 0.5) is 4.79 Å². The number of ether oxygens (including phenoxy) is 2. The number of hydrogen-bond donors (Lipinski definition) is 3. The lowest BCUT2D eigenvalue weighted by Gasteiger charge is -2.43. The number of carboxylic acid groups (broad SMARTS) is 1. The van der Waals surface area contributed by atoms with Gasteiger partial charge in [-0.2, -0.15) is 4.98 Å². The van der Waals surface area contributed by atoms with Crippen LogP contribution in [0.15, 0.2) is 42.5 Å². The Bertz CT molecular complexity index is 1960. The van der Waals surface area contributed by atoms with Crippen LogP contribution in [0.25, 0.3) is 10.8 Å². The van der Waals surface area contributed by atoms with E-state index in [2.05, 4.69) is 21.9 Å². The molecule has 0 spiro atoms. The van der Waals surface area contributed by atoms with Crippen LogP contribution in [0.3, 0.4) is 0 Å². The van der Waals surface area contributed by atoms with E-state index in [0.29, 0.717) is 36.9 Å². The number of nitrogens with zero attached hydrogens (tertiary/aromatic N) is 3. The molecule has 1 aromatic carbocycles. The van der Waals surface area contributed by atoms with Crippen LogP contribution in [0, 0.1) is 17.8 Å². The number of carbonyl (C=O) groups excluding carboxylic acids is 3. The van der Waals surface area contributed by atoms with Crippen molar-refractivity contribution in [3.63, 3.8) is 0 Å². The fourth-order valence-electron chi connectivity index (χ4n) is 8.06. The molecule has 2 saturated carbocycles. The molecule has 54 heavy (non-hydrogen) atoms. The minimum atomic E-state index is -4.01. The topological polar surface area (TPSA) is 185 Å². The molecule has 294 valence electrons. The fraction of sp³-hybridized carbons (Fsp3) is 0.615. The van der Waals surface area contributed by atoms with Crippen LogP contribution >= 0.6 is 0 Å². The molecular formula is C39H53N5O9S. The first-order chi connectivity index (χ1) is 25.3. The lowest BCUT2D eigenvalue weighted by molar-refractivity contribution is -0.146. The summed E-state index contributed by atoms with van der Waals surface area (Å²) in [5.74, 6) is -2.26. The summed E-state index contributed by atoms with van der Waals surface area (Å²) in [5.41, 5.74) is -2.53. The van der Waals surface area contributed by atoms with Gasteiger partial charge in [0.25, 0.3) is 5.91 Å². The number of allylic oxidation sites excluding steroid dienone is 1. The highest BCUT2D eigenvalue weighted by atomic mass is 32.2. The first-order valence-corrected chi connectivity index (χ1v) is 20.3. The first-order valence-electron chi connectivity index (χ1n) is 18.8. The second kappa shape index (κ2) is 14.3. The first kappa shape index (κ1) is 39.3. The van der Waals surface area contributed by atoms with Gasteiger partial charge in [0.2, 0.25) is 33.6 Å². The molecule has 0 bridgehead atoms. The van der Waals surface area contributed by atoms with E-state index in [9.17, 15) is 27.9 Å². The van der Waals surface area contributed by atoms with Gasteiger partial charge in [-0.05, 0) is 89.5 Å². The molecular weight excluding hydrogens is 715 g/mol. The third kappa shape index (κ3) is 7.60. The maximum atomic E-state index is 15.0. The van der Waals surface area contributed by atoms with Crippen LogP contribution in [0.1, 0.15) is 86.5 Å². The Hall–Kier alpha value is -4.40. The van der Waals surface area contributed by atoms with Gasteiger partial charge in [0.15, 0.2) is 0 Å². The van der Waals surface area contributed by atoms with Crippen molar-refractivity contribution in [2.24, 2.45) is 17.8 Å². The van der Waals surface area contributed by atoms with E-state index in [1.165, 1.54) is 16.9 Å². The van der Waals surface area contributed by atoms with E-state index in [0.717, 1.165) is 11.8 Å². The maximum absolute atomic E-state index is 15.0. The number of amides is 4. The Balaban J connectivity index is 1.40. The molecule has 4 amide bonds. The summed E-state index contributed by atoms with van der Waals surface area (Å²) in [4.78, 5) is 63.6. The Kier molecular flexibility index (Phi) is 10.4. The molecule has 15 heteroatoms. The van der Waals surface area contributed by atoms with Crippen molar-refractivity contribution in [3.8, 4) is 11.8 Å². The minimum absolute atomic E-state index is 0.000538. The molecule has 0 radical (unpaired) electrons. The van der Waals surface area contributed by atoms with Gasteiger partial charge in [-0.25, -0.2) is 13.2 Å². The monoisotopic (exact) mass is 767 g/mol. The summed E-state index contributed by atoms with van der Waals surface area (Å²) in [6.45, 7) is 10.6. The summed E-state index contributed by atoms with van der Waals surface area (Å²) in [6, 6.07) is 6.88. The molecule has 0 unspecified atom stereocenters. The number of carbonyl (C=O) groups is 4. The van der Waals surface area contributed by atoms with E-state index < -0.39 is 79.7 Å². The summed E-state index contributed by atoms with van der Waals surface area (Å²) in [7, 11) is -2.52. The Morgan fingerprint density at radius 1 is 1.13 bits per heavy atom. The average Bonchev–Trinajstić information content (AvgIpc) is 3.97. The lowest BCUT2D eigenvalue weighted by Crippen LogP contribution is -2.62. The van der Waals surface area contributed by atoms with Crippen LogP contribution in [-0.2, 0) is 24.4 Å². The van der Waals surface area contributed by atoms with Crippen LogP contribution in [0.2, 0.25) is 0 Å². The van der Waals surface area contributed by atoms with Crippen molar-refractivity contribution in [2.75, 3.05) is 13.7 Å². The third-order valence-corrected chi connectivity index (χ3v) is 13.7. The molecule has 7 atom stereocenters. The Labute approximate surface area is 317 Å². The largest absolute Gasteiger partial charge is 0.481 e. The molecule has 2 aliphatic carbocycles. The number of methoxy groups -OCH3 is 1. The Morgan fingerprint density at radius 2 is 1.83 bits per heavy atom. The molecule has 14 nitrogen and oxygen atoms in total. The van der Waals surface area contributed by atoms with Gasteiger partial charge >= 0.3 is 6.09 Å². The van der Waals surface area contributed by atoms with Crippen molar-refractivity contribution in [3.05, 3.63) is 42.5 Å².